The Morgan fingerprint density at radius 3 is 2.74 bits per heavy atom. The van der Waals surface area contributed by atoms with Crippen LogP contribution in [0.2, 0.25) is 0 Å². The zero-order valence-corrected chi connectivity index (χ0v) is 13.0. The van der Waals surface area contributed by atoms with Crippen molar-refractivity contribution >= 4 is 16.9 Å². The zero-order valence-electron chi connectivity index (χ0n) is 13.0. The lowest BCUT2D eigenvalue weighted by Crippen LogP contribution is -2.26. The predicted octanol–water partition coefficient (Wildman–Crippen LogP) is 3.55. The van der Waals surface area contributed by atoms with E-state index in [1.54, 1.807) is 7.11 Å². The lowest BCUT2D eigenvalue weighted by atomic mass is 10.1. The lowest BCUT2D eigenvalue weighted by molar-refractivity contribution is 0.0949. The van der Waals surface area contributed by atoms with Gasteiger partial charge in [0.25, 0.3) is 5.91 Å². The molecule has 1 aromatic heterocycles. The van der Waals surface area contributed by atoms with E-state index in [0.717, 1.165) is 22.3 Å². The van der Waals surface area contributed by atoms with E-state index < -0.39 is 0 Å². The molecule has 0 saturated carbocycles. The Hall–Kier alpha value is -2.59. The van der Waals surface area contributed by atoms with Gasteiger partial charge in [-0.1, -0.05) is 36.4 Å². The summed E-state index contributed by atoms with van der Waals surface area (Å²) in [5.74, 6) is 0.783. The maximum atomic E-state index is 12.3. The van der Waals surface area contributed by atoms with Gasteiger partial charge in [-0.25, -0.2) is 0 Å². The van der Waals surface area contributed by atoms with Crippen molar-refractivity contribution in [2.45, 2.75) is 13.0 Å². The second kappa shape index (κ2) is 7.11. The number of rotatable bonds is 6. The first-order chi connectivity index (χ1) is 11.3. The fourth-order valence-corrected chi connectivity index (χ4v) is 2.58. The molecule has 4 nitrogen and oxygen atoms in total. The molecule has 0 saturated heterocycles. The minimum Gasteiger partial charge on any atom is -0.461 e. The normalized spacial score (nSPS) is 10.8. The third-order valence-electron chi connectivity index (χ3n) is 3.70. The Bertz CT molecular complexity index is 774. The molecular formula is C19H19NO3. The largest absolute Gasteiger partial charge is 0.461 e. The summed E-state index contributed by atoms with van der Waals surface area (Å²) in [7, 11) is 1.62. The van der Waals surface area contributed by atoms with Crippen molar-refractivity contribution < 1.29 is 13.9 Å². The second-order valence-corrected chi connectivity index (χ2v) is 5.35. The Morgan fingerprint density at radius 2 is 1.91 bits per heavy atom. The molecule has 1 N–H and O–H groups in total. The zero-order chi connectivity index (χ0) is 16.1. The minimum atomic E-state index is -0.0891. The molecule has 4 heteroatoms. The number of furan rings is 1. The van der Waals surface area contributed by atoms with Gasteiger partial charge in [-0.15, -0.1) is 0 Å². The topological polar surface area (TPSA) is 51.5 Å². The number of fused-ring (bicyclic) bond motifs is 1. The summed E-state index contributed by atoms with van der Waals surface area (Å²) >= 11 is 0. The summed E-state index contributed by atoms with van der Waals surface area (Å²) in [5, 5.41) is 4.02. The van der Waals surface area contributed by atoms with Crippen molar-refractivity contribution in [2.24, 2.45) is 0 Å². The SMILES string of the molecule is COCc1ccccc1C(=O)NCCc1cc2ccccc2o1. The van der Waals surface area contributed by atoms with Gasteiger partial charge in [0, 0.05) is 31.0 Å². The third kappa shape index (κ3) is 3.60. The Kier molecular flexibility index (Phi) is 4.74. The molecular weight excluding hydrogens is 290 g/mol. The maximum Gasteiger partial charge on any atom is 0.251 e. The monoisotopic (exact) mass is 309 g/mol. The van der Waals surface area contributed by atoms with Crippen LogP contribution in [-0.4, -0.2) is 19.6 Å². The molecule has 0 radical (unpaired) electrons. The number of amides is 1. The van der Waals surface area contributed by atoms with Crippen LogP contribution in [0.1, 0.15) is 21.7 Å². The van der Waals surface area contributed by atoms with Gasteiger partial charge in [0.15, 0.2) is 0 Å². The number of carbonyl (C=O) groups is 1. The number of hydrogen-bond acceptors (Lipinski definition) is 3. The van der Waals surface area contributed by atoms with Gasteiger partial charge in [-0.3, -0.25) is 4.79 Å². The van der Waals surface area contributed by atoms with Crippen LogP contribution in [0.3, 0.4) is 0 Å². The quantitative estimate of drug-likeness (QED) is 0.757. The van der Waals surface area contributed by atoms with Gasteiger partial charge in [-0.2, -0.15) is 0 Å². The number of nitrogens with one attached hydrogen (secondary N) is 1. The highest BCUT2D eigenvalue weighted by Gasteiger charge is 2.10. The van der Waals surface area contributed by atoms with E-state index in [9.17, 15) is 4.79 Å². The van der Waals surface area contributed by atoms with Gasteiger partial charge in [0.1, 0.15) is 11.3 Å². The summed E-state index contributed by atoms with van der Waals surface area (Å²) < 4.78 is 10.9. The molecule has 0 unspecified atom stereocenters. The van der Waals surface area contributed by atoms with Crippen molar-refractivity contribution in [3.05, 3.63) is 71.5 Å². The van der Waals surface area contributed by atoms with Gasteiger partial charge < -0.3 is 14.5 Å². The Labute approximate surface area is 135 Å². The maximum absolute atomic E-state index is 12.3. The van der Waals surface area contributed by atoms with E-state index in [-0.39, 0.29) is 5.91 Å². The molecule has 0 aliphatic carbocycles. The van der Waals surface area contributed by atoms with Gasteiger partial charge in [0.2, 0.25) is 0 Å². The number of methoxy groups -OCH3 is 1. The molecule has 0 aliphatic rings. The summed E-state index contributed by atoms with van der Waals surface area (Å²) in [6, 6.07) is 17.4. The van der Waals surface area contributed by atoms with Crippen LogP contribution in [0, 0.1) is 0 Å². The van der Waals surface area contributed by atoms with E-state index in [1.165, 1.54) is 0 Å². The molecule has 3 aromatic rings. The molecule has 118 valence electrons. The molecule has 0 spiro atoms. The fourth-order valence-electron chi connectivity index (χ4n) is 2.58. The van der Waals surface area contributed by atoms with Crippen LogP contribution in [0.5, 0.6) is 0 Å². The first-order valence-corrected chi connectivity index (χ1v) is 7.60. The smallest absolute Gasteiger partial charge is 0.251 e. The van der Waals surface area contributed by atoms with Crippen molar-refractivity contribution in [3.63, 3.8) is 0 Å². The minimum absolute atomic E-state index is 0.0891. The first kappa shape index (κ1) is 15.3. The molecule has 0 atom stereocenters. The van der Waals surface area contributed by atoms with Gasteiger partial charge in [0.05, 0.1) is 6.61 Å². The highest BCUT2D eigenvalue weighted by atomic mass is 16.5. The molecule has 23 heavy (non-hydrogen) atoms. The summed E-state index contributed by atoms with van der Waals surface area (Å²) in [5.41, 5.74) is 2.41. The molecule has 0 aliphatic heterocycles. The van der Waals surface area contributed by atoms with Gasteiger partial charge >= 0.3 is 0 Å². The van der Waals surface area contributed by atoms with Crippen molar-refractivity contribution in [1.29, 1.82) is 0 Å². The molecule has 2 aromatic carbocycles. The molecule has 0 fully saturated rings. The molecule has 1 heterocycles. The Balaban J connectivity index is 1.61. The highest BCUT2D eigenvalue weighted by molar-refractivity contribution is 5.95. The van der Waals surface area contributed by atoms with E-state index in [0.29, 0.717) is 25.1 Å². The molecule has 3 rings (SSSR count). The van der Waals surface area contributed by atoms with Crippen molar-refractivity contribution in [1.82, 2.24) is 5.32 Å². The number of benzene rings is 2. The highest BCUT2D eigenvalue weighted by Crippen LogP contribution is 2.18. The predicted molar refractivity (Wildman–Crippen MR) is 89.4 cm³/mol. The summed E-state index contributed by atoms with van der Waals surface area (Å²) in [6.07, 6.45) is 0.660. The number of hydrogen-bond donors (Lipinski definition) is 1. The second-order valence-electron chi connectivity index (χ2n) is 5.35. The average Bonchev–Trinajstić information content (AvgIpc) is 2.98. The fraction of sp³-hybridized carbons (Fsp3) is 0.211. The average molecular weight is 309 g/mol. The molecule has 1 amide bonds. The van der Waals surface area contributed by atoms with E-state index in [1.807, 2.05) is 54.6 Å². The standard InChI is InChI=1S/C19H19NO3/c1-22-13-15-7-2-4-8-17(15)19(21)20-11-10-16-12-14-6-3-5-9-18(14)23-16/h2-9,12H,10-11,13H2,1H3,(H,20,21). The van der Waals surface area contributed by atoms with E-state index >= 15 is 0 Å². The van der Waals surface area contributed by atoms with E-state index in [2.05, 4.69) is 5.32 Å². The van der Waals surface area contributed by atoms with Crippen LogP contribution in [0.4, 0.5) is 0 Å². The Morgan fingerprint density at radius 1 is 1.13 bits per heavy atom. The number of para-hydroxylation sites is 1. The van der Waals surface area contributed by atoms with Crippen LogP contribution in [0.15, 0.2) is 59.0 Å². The van der Waals surface area contributed by atoms with Crippen LogP contribution >= 0.6 is 0 Å². The number of ether oxygens (including phenoxy) is 1. The number of carbonyl (C=O) groups excluding carboxylic acids is 1. The van der Waals surface area contributed by atoms with Crippen LogP contribution < -0.4 is 5.32 Å². The van der Waals surface area contributed by atoms with Gasteiger partial charge in [-0.05, 0) is 23.8 Å². The molecule has 0 bridgehead atoms. The van der Waals surface area contributed by atoms with Crippen LogP contribution in [-0.2, 0) is 17.8 Å². The van der Waals surface area contributed by atoms with Crippen molar-refractivity contribution in [2.75, 3.05) is 13.7 Å². The summed E-state index contributed by atoms with van der Waals surface area (Å²) in [4.78, 5) is 12.3. The first-order valence-electron chi connectivity index (χ1n) is 7.60. The van der Waals surface area contributed by atoms with E-state index in [4.69, 9.17) is 9.15 Å². The lowest BCUT2D eigenvalue weighted by Gasteiger charge is -2.09. The summed E-state index contributed by atoms with van der Waals surface area (Å²) in [6.45, 7) is 0.952. The van der Waals surface area contributed by atoms with Crippen molar-refractivity contribution in [3.8, 4) is 0 Å². The third-order valence-corrected chi connectivity index (χ3v) is 3.70. The van der Waals surface area contributed by atoms with Crippen LogP contribution in [0.25, 0.3) is 11.0 Å².